The zero-order chi connectivity index (χ0) is 10.6. The lowest BCUT2D eigenvalue weighted by atomic mass is 10.2. The van der Waals surface area contributed by atoms with Crippen molar-refractivity contribution in [1.82, 2.24) is 0 Å². The molecule has 0 saturated heterocycles. The lowest BCUT2D eigenvalue weighted by Crippen LogP contribution is -1.89. The first-order chi connectivity index (χ1) is 6.51. The molecule has 0 aliphatic heterocycles. The minimum atomic E-state index is -4.05. The van der Waals surface area contributed by atoms with Crippen LogP contribution in [0.25, 0.3) is 6.08 Å². The van der Waals surface area contributed by atoms with E-state index in [9.17, 15) is 8.42 Å². The Morgan fingerprint density at radius 1 is 1.29 bits per heavy atom. The molecule has 0 unspecified atom stereocenters. The molecule has 0 aliphatic rings. The molecule has 14 heavy (non-hydrogen) atoms. The van der Waals surface area contributed by atoms with E-state index < -0.39 is 10.1 Å². The lowest BCUT2D eigenvalue weighted by Gasteiger charge is -1.98. The van der Waals surface area contributed by atoms with Crippen molar-refractivity contribution in [1.29, 1.82) is 0 Å². The molecule has 4 nitrogen and oxygen atoms in total. The molecule has 5 heteroatoms. The predicted octanol–water partition coefficient (Wildman–Crippen LogP) is 1.55. The van der Waals surface area contributed by atoms with Crippen LogP contribution in [0.15, 0.2) is 29.7 Å². The second kappa shape index (κ2) is 4.26. The van der Waals surface area contributed by atoms with Crippen molar-refractivity contribution in [2.45, 2.75) is 0 Å². The van der Waals surface area contributed by atoms with E-state index in [4.69, 9.17) is 9.29 Å². The molecular weight excluding hydrogens is 204 g/mol. The average molecular weight is 214 g/mol. The van der Waals surface area contributed by atoms with Gasteiger partial charge in [-0.25, -0.2) is 0 Å². The van der Waals surface area contributed by atoms with Crippen LogP contribution in [0.2, 0.25) is 0 Å². The Bertz CT molecular complexity index is 417. The van der Waals surface area contributed by atoms with Crippen LogP contribution in [0.5, 0.6) is 5.75 Å². The molecule has 76 valence electrons. The molecule has 0 heterocycles. The molecule has 0 aromatic heterocycles. The standard InChI is InChI=1S/C9H10O4S/c1-13-9-4-2-8(3-5-9)6-7-14(10,11)12/h2-7H,1H3,(H,10,11,12)/b7-6+. The zero-order valence-corrected chi connectivity index (χ0v) is 8.36. The number of hydrogen-bond donors (Lipinski definition) is 1. The third-order valence-electron chi connectivity index (χ3n) is 1.55. The summed E-state index contributed by atoms with van der Waals surface area (Å²) in [7, 11) is -2.51. The number of ether oxygens (including phenoxy) is 1. The van der Waals surface area contributed by atoms with E-state index in [-0.39, 0.29) is 0 Å². The molecule has 0 aliphatic carbocycles. The monoisotopic (exact) mass is 214 g/mol. The third kappa shape index (κ3) is 3.59. The van der Waals surface area contributed by atoms with Gasteiger partial charge in [0.15, 0.2) is 0 Å². The van der Waals surface area contributed by atoms with Crippen molar-refractivity contribution in [2.24, 2.45) is 0 Å². The Labute approximate surface area is 82.6 Å². The van der Waals surface area contributed by atoms with Crippen LogP contribution in [0.3, 0.4) is 0 Å². The fraction of sp³-hybridized carbons (Fsp3) is 0.111. The molecule has 0 amide bonds. The topological polar surface area (TPSA) is 63.6 Å². The van der Waals surface area contributed by atoms with Gasteiger partial charge in [0.1, 0.15) is 5.75 Å². The van der Waals surface area contributed by atoms with E-state index >= 15 is 0 Å². The van der Waals surface area contributed by atoms with Gasteiger partial charge in [-0.05, 0) is 23.8 Å². The number of hydrogen-bond acceptors (Lipinski definition) is 3. The Hall–Kier alpha value is -1.33. The van der Waals surface area contributed by atoms with Gasteiger partial charge in [0.05, 0.1) is 12.5 Å². The van der Waals surface area contributed by atoms with Crippen LogP contribution in [0, 0.1) is 0 Å². The van der Waals surface area contributed by atoms with Crippen molar-refractivity contribution >= 4 is 16.2 Å². The van der Waals surface area contributed by atoms with Crippen molar-refractivity contribution in [3.05, 3.63) is 35.2 Å². The predicted molar refractivity (Wildman–Crippen MR) is 53.6 cm³/mol. The van der Waals surface area contributed by atoms with E-state index in [1.165, 1.54) is 6.08 Å². The van der Waals surface area contributed by atoms with Crippen LogP contribution in [-0.2, 0) is 10.1 Å². The second-order valence-electron chi connectivity index (χ2n) is 2.59. The summed E-state index contributed by atoms with van der Waals surface area (Å²) in [5.41, 5.74) is 0.670. The summed E-state index contributed by atoms with van der Waals surface area (Å²) in [6.45, 7) is 0. The maximum absolute atomic E-state index is 10.4. The van der Waals surface area contributed by atoms with Crippen LogP contribution in [0.1, 0.15) is 5.56 Å². The van der Waals surface area contributed by atoms with E-state index in [1.54, 1.807) is 31.4 Å². The fourth-order valence-corrected chi connectivity index (χ4v) is 1.21. The molecule has 1 aromatic carbocycles. The van der Waals surface area contributed by atoms with Crippen molar-refractivity contribution in [3.8, 4) is 5.75 Å². The first-order valence-electron chi connectivity index (χ1n) is 3.81. The number of methoxy groups -OCH3 is 1. The maximum Gasteiger partial charge on any atom is 0.287 e. The first kappa shape index (κ1) is 10.7. The largest absolute Gasteiger partial charge is 0.497 e. The Balaban J connectivity index is 2.84. The van der Waals surface area contributed by atoms with Gasteiger partial charge in [0.25, 0.3) is 10.1 Å². The molecule has 0 atom stereocenters. The summed E-state index contributed by atoms with van der Waals surface area (Å²) >= 11 is 0. The SMILES string of the molecule is COc1ccc(/C=C/S(=O)(=O)O)cc1. The molecule has 0 spiro atoms. The highest BCUT2D eigenvalue weighted by molar-refractivity contribution is 7.88. The normalized spacial score (nSPS) is 11.9. The highest BCUT2D eigenvalue weighted by atomic mass is 32.2. The quantitative estimate of drug-likeness (QED) is 0.775. The van der Waals surface area contributed by atoms with Crippen molar-refractivity contribution < 1.29 is 17.7 Å². The summed E-state index contributed by atoms with van der Waals surface area (Å²) in [5.74, 6) is 0.689. The molecule has 0 fully saturated rings. The van der Waals surface area contributed by atoms with E-state index in [2.05, 4.69) is 0 Å². The smallest absolute Gasteiger partial charge is 0.287 e. The summed E-state index contributed by atoms with van der Waals surface area (Å²) in [4.78, 5) is 0. The minimum absolute atomic E-state index is 0.670. The van der Waals surface area contributed by atoms with Gasteiger partial charge in [-0.15, -0.1) is 0 Å². The van der Waals surface area contributed by atoms with E-state index in [1.807, 2.05) is 0 Å². The zero-order valence-electron chi connectivity index (χ0n) is 7.54. The van der Waals surface area contributed by atoms with Crippen LogP contribution in [0.4, 0.5) is 0 Å². The molecule has 1 N–H and O–H groups in total. The van der Waals surface area contributed by atoms with Gasteiger partial charge in [0, 0.05) is 0 Å². The summed E-state index contributed by atoms with van der Waals surface area (Å²) in [6.07, 6.45) is 1.30. The van der Waals surface area contributed by atoms with Gasteiger partial charge in [0.2, 0.25) is 0 Å². The van der Waals surface area contributed by atoms with E-state index in [0.29, 0.717) is 11.3 Å². The summed E-state index contributed by atoms with van der Waals surface area (Å²) in [5, 5.41) is 0.731. The molecule has 1 rings (SSSR count). The molecular formula is C9H10O4S. The van der Waals surface area contributed by atoms with E-state index in [0.717, 1.165) is 5.41 Å². The average Bonchev–Trinajstić information content (AvgIpc) is 2.14. The van der Waals surface area contributed by atoms with Crippen LogP contribution < -0.4 is 4.74 Å². The van der Waals surface area contributed by atoms with Crippen LogP contribution >= 0.6 is 0 Å². The van der Waals surface area contributed by atoms with Gasteiger partial charge >= 0.3 is 0 Å². The van der Waals surface area contributed by atoms with Gasteiger partial charge in [-0.3, -0.25) is 4.55 Å². The van der Waals surface area contributed by atoms with Crippen LogP contribution in [-0.4, -0.2) is 20.1 Å². The third-order valence-corrected chi connectivity index (χ3v) is 2.03. The molecule has 0 radical (unpaired) electrons. The highest BCUT2D eigenvalue weighted by Crippen LogP contribution is 2.12. The Morgan fingerprint density at radius 3 is 2.29 bits per heavy atom. The summed E-state index contributed by atoms with van der Waals surface area (Å²) < 4.78 is 34.1. The van der Waals surface area contributed by atoms with Gasteiger partial charge < -0.3 is 4.74 Å². The maximum atomic E-state index is 10.4. The second-order valence-corrected chi connectivity index (χ2v) is 3.89. The van der Waals surface area contributed by atoms with Gasteiger partial charge in [-0.1, -0.05) is 12.1 Å². The number of rotatable bonds is 3. The van der Waals surface area contributed by atoms with Gasteiger partial charge in [-0.2, -0.15) is 8.42 Å². The summed E-state index contributed by atoms with van der Waals surface area (Å²) in [6, 6.07) is 6.76. The number of benzene rings is 1. The molecule has 0 saturated carbocycles. The minimum Gasteiger partial charge on any atom is -0.497 e. The fourth-order valence-electron chi connectivity index (χ4n) is 0.880. The molecule has 0 bridgehead atoms. The molecule has 1 aromatic rings. The Kier molecular flexibility index (Phi) is 3.27. The van der Waals surface area contributed by atoms with Crippen molar-refractivity contribution in [2.75, 3.05) is 7.11 Å². The first-order valence-corrected chi connectivity index (χ1v) is 5.31. The van der Waals surface area contributed by atoms with Crippen molar-refractivity contribution in [3.63, 3.8) is 0 Å². The Morgan fingerprint density at radius 2 is 1.86 bits per heavy atom. The highest BCUT2D eigenvalue weighted by Gasteiger charge is 1.95. The lowest BCUT2D eigenvalue weighted by molar-refractivity contribution is 0.415.